The maximum absolute atomic E-state index is 12.5. The Morgan fingerprint density at radius 1 is 1.29 bits per heavy atom. The van der Waals surface area contributed by atoms with E-state index in [0.29, 0.717) is 5.91 Å². The van der Waals surface area contributed by atoms with Gasteiger partial charge in [0.2, 0.25) is 5.91 Å². The minimum atomic E-state index is -0.185. The summed E-state index contributed by atoms with van der Waals surface area (Å²) in [5.74, 6) is 0.430. The number of carbonyl (C=O) groups excluding carboxylic acids is 1. The van der Waals surface area contributed by atoms with E-state index in [0.717, 1.165) is 45.3 Å². The first-order chi connectivity index (χ1) is 8.00. The first kappa shape index (κ1) is 12.8. The molecule has 1 saturated heterocycles. The standard InChI is InChI=1S/C13H24N2O2/c1-13(2)9-14-7-8-15(13)12(17)10-3-5-11(16)6-4-10/h10-11,14,16H,3-9H2,1-2H3/t10-,11-. The van der Waals surface area contributed by atoms with Crippen molar-refractivity contribution in [2.24, 2.45) is 5.92 Å². The topological polar surface area (TPSA) is 52.6 Å². The normalized spacial score (nSPS) is 33.5. The van der Waals surface area contributed by atoms with Crippen molar-refractivity contribution in [1.82, 2.24) is 10.2 Å². The third kappa shape index (κ3) is 2.80. The van der Waals surface area contributed by atoms with Gasteiger partial charge in [0, 0.05) is 31.1 Å². The number of hydrogen-bond donors (Lipinski definition) is 2. The lowest BCUT2D eigenvalue weighted by molar-refractivity contribution is -0.143. The Morgan fingerprint density at radius 3 is 2.53 bits per heavy atom. The Bertz CT molecular complexity index is 283. The molecule has 1 amide bonds. The molecule has 0 atom stereocenters. The summed E-state index contributed by atoms with van der Waals surface area (Å²) in [6, 6.07) is 0. The van der Waals surface area contributed by atoms with E-state index in [1.165, 1.54) is 0 Å². The van der Waals surface area contributed by atoms with Gasteiger partial charge in [0.15, 0.2) is 0 Å². The summed E-state index contributed by atoms with van der Waals surface area (Å²) in [6.07, 6.45) is 3.07. The van der Waals surface area contributed by atoms with Crippen LogP contribution in [0.3, 0.4) is 0 Å². The van der Waals surface area contributed by atoms with Crippen molar-refractivity contribution >= 4 is 5.91 Å². The first-order valence-corrected chi connectivity index (χ1v) is 6.71. The molecule has 17 heavy (non-hydrogen) atoms. The number of rotatable bonds is 1. The highest BCUT2D eigenvalue weighted by molar-refractivity contribution is 5.79. The van der Waals surface area contributed by atoms with Crippen molar-refractivity contribution in [3.63, 3.8) is 0 Å². The molecule has 1 saturated carbocycles. The van der Waals surface area contributed by atoms with Crippen LogP contribution in [0.25, 0.3) is 0 Å². The van der Waals surface area contributed by atoms with E-state index in [1.807, 2.05) is 4.90 Å². The van der Waals surface area contributed by atoms with Crippen LogP contribution in [0.5, 0.6) is 0 Å². The van der Waals surface area contributed by atoms with Crippen molar-refractivity contribution < 1.29 is 9.90 Å². The summed E-state index contributed by atoms with van der Waals surface area (Å²) >= 11 is 0. The average Bonchev–Trinajstić information content (AvgIpc) is 2.28. The van der Waals surface area contributed by atoms with Crippen molar-refractivity contribution in [2.75, 3.05) is 19.6 Å². The van der Waals surface area contributed by atoms with Gasteiger partial charge < -0.3 is 15.3 Å². The summed E-state index contributed by atoms with van der Waals surface area (Å²) in [5.41, 5.74) is -0.0780. The fourth-order valence-corrected chi connectivity index (χ4v) is 2.93. The molecular formula is C13H24N2O2. The Balaban J connectivity index is 1.99. The molecule has 0 unspecified atom stereocenters. The van der Waals surface area contributed by atoms with Crippen LogP contribution < -0.4 is 5.32 Å². The molecule has 0 spiro atoms. The second kappa shape index (κ2) is 4.94. The number of aliphatic hydroxyl groups is 1. The maximum atomic E-state index is 12.5. The van der Waals surface area contributed by atoms with Crippen LogP contribution in [-0.2, 0) is 4.79 Å². The molecule has 0 aromatic carbocycles. The molecule has 1 heterocycles. The lowest BCUT2D eigenvalue weighted by Crippen LogP contribution is -2.61. The van der Waals surface area contributed by atoms with Crippen molar-refractivity contribution in [1.29, 1.82) is 0 Å². The third-order valence-corrected chi connectivity index (χ3v) is 4.11. The molecule has 2 rings (SSSR count). The molecule has 4 heteroatoms. The fraction of sp³-hybridized carbons (Fsp3) is 0.923. The molecule has 98 valence electrons. The van der Waals surface area contributed by atoms with Gasteiger partial charge in [0.1, 0.15) is 0 Å². The van der Waals surface area contributed by atoms with Gasteiger partial charge in [0.25, 0.3) is 0 Å². The Hall–Kier alpha value is -0.610. The van der Waals surface area contributed by atoms with Gasteiger partial charge in [-0.15, -0.1) is 0 Å². The van der Waals surface area contributed by atoms with Gasteiger partial charge >= 0.3 is 0 Å². The molecule has 0 aromatic rings. The van der Waals surface area contributed by atoms with Crippen molar-refractivity contribution in [3.8, 4) is 0 Å². The van der Waals surface area contributed by atoms with Crippen LogP contribution >= 0.6 is 0 Å². The molecule has 1 aliphatic carbocycles. The summed E-state index contributed by atoms with van der Waals surface area (Å²) in [5, 5.41) is 12.8. The number of amides is 1. The summed E-state index contributed by atoms with van der Waals surface area (Å²) in [4.78, 5) is 14.5. The predicted octanol–water partition coefficient (Wildman–Crippen LogP) is 0.748. The highest BCUT2D eigenvalue weighted by Gasteiger charge is 2.37. The van der Waals surface area contributed by atoms with E-state index < -0.39 is 0 Å². The zero-order chi connectivity index (χ0) is 12.5. The van der Waals surface area contributed by atoms with Crippen molar-refractivity contribution in [2.45, 2.75) is 51.2 Å². The Morgan fingerprint density at radius 2 is 1.94 bits per heavy atom. The van der Waals surface area contributed by atoms with E-state index in [-0.39, 0.29) is 17.6 Å². The van der Waals surface area contributed by atoms with Gasteiger partial charge in [-0.1, -0.05) is 0 Å². The largest absolute Gasteiger partial charge is 0.393 e. The van der Waals surface area contributed by atoms with E-state index in [4.69, 9.17) is 0 Å². The smallest absolute Gasteiger partial charge is 0.226 e. The molecule has 4 nitrogen and oxygen atoms in total. The number of piperazine rings is 1. The molecule has 2 aliphatic rings. The number of aliphatic hydroxyl groups excluding tert-OH is 1. The summed E-state index contributed by atoms with van der Waals surface area (Å²) in [7, 11) is 0. The second-order valence-electron chi connectivity index (χ2n) is 5.98. The predicted molar refractivity (Wildman–Crippen MR) is 66.6 cm³/mol. The second-order valence-corrected chi connectivity index (χ2v) is 5.98. The molecule has 2 N–H and O–H groups in total. The number of nitrogens with one attached hydrogen (secondary N) is 1. The van der Waals surface area contributed by atoms with Crippen LogP contribution in [0.1, 0.15) is 39.5 Å². The van der Waals surface area contributed by atoms with Crippen LogP contribution in [0.4, 0.5) is 0 Å². The van der Waals surface area contributed by atoms with Crippen molar-refractivity contribution in [3.05, 3.63) is 0 Å². The van der Waals surface area contributed by atoms with Gasteiger partial charge in [-0.2, -0.15) is 0 Å². The van der Waals surface area contributed by atoms with Crippen LogP contribution in [-0.4, -0.2) is 47.2 Å². The summed E-state index contributed by atoms with van der Waals surface area (Å²) in [6.45, 7) is 6.81. The molecule has 1 aliphatic heterocycles. The molecule has 0 radical (unpaired) electrons. The molecule has 0 aromatic heterocycles. The minimum absolute atomic E-state index is 0.0780. The van der Waals surface area contributed by atoms with Crippen LogP contribution in [0, 0.1) is 5.92 Å². The SMILES string of the molecule is CC1(C)CNCCN1C(=O)[C@H]1CC[C@H](O)CC1. The van der Waals surface area contributed by atoms with E-state index in [1.54, 1.807) is 0 Å². The molecule has 0 bridgehead atoms. The van der Waals surface area contributed by atoms with Crippen LogP contribution in [0.15, 0.2) is 0 Å². The average molecular weight is 240 g/mol. The van der Waals surface area contributed by atoms with Gasteiger partial charge in [-0.25, -0.2) is 0 Å². The lowest BCUT2D eigenvalue weighted by Gasteiger charge is -2.45. The van der Waals surface area contributed by atoms with E-state index in [2.05, 4.69) is 19.2 Å². The fourth-order valence-electron chi connectivity index (χ4n) is 2.93. The molecular weight excluding hydrogens is 216 g/mol. The number of carbonyl (C=O) groups is 1. The first-order valence-electron chi connectivity index (χ1n) is 6.71. The zero-order valence-electron chi connectivity index (χ0n) is 10.9. The third-order valence-electron chi connectivity index (χ3n) is 4.11. The number of hydrogen-bond acceptors (Lipinski definition) is 3. The quantitative estimate of drug-likeness (QED) is 0.711. The lowest BCUT2D eigenvalue weighted by atomic mass is 9.85. The highest BCUT2D eigenvalue weighted by atomic mass is 16.3. The Kier molecular flexibility index (Phi) is 3.73. The van der Waals surface area contributed by atoms with Gasteiger partial charge in [-0.3, -0.25) is 4.79 Å². The molecule has 2 fully saturated rings. The van der Waals surface area contributed by atoms with Gasteiger partial charge in [-0.05, 0) is 39.5 Å². The minimum Gasteiger partial charge on any atom is -0.393 e. The number of nitrogens with zero attached hydrogens (tertiary/aromatic N) is 1. The van der Waals surface area contributed by atoms with Gasteiger partial charge in [0.05, 0.1) is 6.10 Å². The highest BCUT2D eigenvalue weighted by Crippen LogP contribution is 2.28. The van der Waals surface area contributed by atoms with E-state index in [9.17, 15) is 9.90 Å². The Labute approximate surface area is 103 Å². The summed E-state index contributed by atoms with van der Waals surface area (Å²) < 4.78 is 0. The maximum Gasteiger partial charge on any atom is 0.226 e. The monoisotopic (exact) mass is 240 g/mol. The zero-order valence-corrected chi connectivity index (χ0v) is 10.9. The van der Waals surface area contributed by atoms with Crippen LogP contribution in [0.2, 0.25) is 0 Å². The van der Waals surface area contributed by atoms with E-state index >= 15 is 0 Å².